The summed E-state index contributed by atoms with van der Waals surface area (Å²) in [5.74, 6) is -0.0300. The number of rotatable bonds is 11. The van der Waals surface area contributed by atoms with Crippen molar-refractivity contribution in [3.63, 3.8) is 0 Å². The molecule has 0 aliphatic rings. The molecular weight excluding hydrogens is 432 g/mol. The highest BCUT2D eigenvalue weighted by molar-refractivity contribution is 7.98. The topological polar surface area (TPSA) is 70.4 Å². The second kappa shape index (κ2) is 11.3. The van der Waals surface area contributed by atoms with E-state index in [2.05, 4.69) is 9.55 Å². The number of hydrogen-bond donors (Lipinski definition) is 0. The summed E-state index contributed by atoms with van der Waals surface area (Å²) < 4.78 is 12.6. The average molecular weight is 459 g/mol. The number of thioether (sulfide) groups is 1. The molecule has 3 aromatic rings. The summed E-state index contributed by atoms with van der Waals surface area (Å²) in [5.41, 5.74) is 5.69. The van der Waals surface area contributed by atoms with Gasteiger partial charge in [0.1, 0.15) is 0 Å². The van der Waals surface area contributed by atoms with Crippen LogP contribution >= 0.6 is 23.1 Å². The molecule has 31 heavy (non-hydrogen) atoms. The minimum absolute atomic E-state index is 0.202. The standard InChI is InChI=1S/C23H26N2O4S2/c1-16-11-20(17(2)25(16)9-6-10-28-3)21(26)12-29-23(27)19-7-4-5-8-22(19)31-14-18-13-30-15-24-18/h4-5,7-8,11,13,15H,6,9-10,12,14H2,1-3H3. The number of aromatic nitrogens is 2. The maximum absolute atomic E-state index is 12.7. The van der Waals surface area contributed by atoms with Gasteiger partial charge in [-0.3, -0.25) is 4.79 Å². The Morgan fingerprint density at radius 1 is 1.19 bits per heavy atom. The maximum Gasteiger partial charge on any atom is 0.339 e. The lowest BCUT2D eigenvalue weighted by molar-refractivity contribution is 0.0471. The molecule has 0 aliphatic carbocycles. The van der Waals surface area contributed by atoms with Crippen molar-refractivity contribution >= 4 is 34.9 Å². The molecule has 0 N–H and O–H groups in total. The van der Waals surface area contributed by atoms with E-state index in [1.54, 1.807) is 36.1 Å². The largest absolute Gasteiger partial charge is 0.454 e. The molecule has 0 radical (unpaired) electrons. The number of nitrogens with zero attached hydrogens (tertiary/aromatic N) is 2. The van der Waals surface area contributed by atoms with E-state index in [1.165, 1.54) is 11.8 Å². The van der Waals surface area contributed by atoms with Crippen LogP contribution in [0.4, 0.5) is 0 Å². The molecule has 0 saturated heterocycles. The van der Waals surface area contributed by atoms with Gasteiger partial charge in [0.2, 0.25) is 5.78 Å². The zero-order chi connectivity index (χ0) is 22.2. The third kappa shape index (κ3) is 6.06. The van der Waals surface area contributed by atoms with Crippen LogP contribution in [0.1, 0.15) is 44.2 Å². The Hall–Kier alpha value is -2.42. The Kier molecular flexibility index (Phi) is 8.45. The lowest BCUT2D eigenvalue weighted by atomic mass is 10.1. The van der Waals surface area contributed by atoms with E-state index in [0.717, 1.165) is 34.9 Å². The molecule has 0 unspecified atom stereocenters. The van der Waals surface area contributed by atoms with Crippen molar-refractivity contribution in [3.8, 4) is 0 Å². The van der Waals surface area contributed by atoms with E-state index in [9.17, 15) is 9.59 Å². The molecule has 164 valence electrons. The van der Waals surface area contributed by atoms with Gasteiger partial charge in [-0.25, -0.2) is 9.78 Å². The summed E-state index contributed by atoms with van der Waals surface area (Å²) in [6.45, 7) is 5.05. The first kappa shape index (κ1) is 23.2. The second-order valence-electron chi connectivity index (χ2n) is 7.05. The molecular formula is C23H26N2O4S2. The molecule has 0 bridgehead atoms. The fraction of sp³-hybridized carbons (Fsp3) is 0.348. The zero-order valence-electron chi connectivity index (χ0n) is 17.9. The van der Waals surface area contributed by atoms with Gasteiger partial charge in [0, 0.05) is 53.2 Å². The summed E-state index contributed by atoms with van der Waals surface area (Å²) in [6.07, 6.45) is 0.866. The van der Waals surface area contributed by atoms with Gasteiger partial charge in [-0.05, 0) is 38.5 Å². The van der Waals surface area contributed by atoms with Crippen molar-refractivity contribution in [1.82, 2.24) is 9.55 Å². The number of ether oxygens (including phenoxy) is 2. The van der Waals surface area contributed by atoms with Crippen LogP contribution in [-0.2, 0) is 21.8 Å². The maximum atomic E-state index is 12.7. The summed E-state index contributed by atoms with van der Waals surface area (Å²) in [5, 5.41) is 1.98. The third-order valence-corrected chi connectivity index (χ3v) is 6.65. The predicted octanol–water partition coefficient (Wildman–Crippen LogP) is 4.93. The van der Waals surface area contributed by atoms with Crippen LogP contribution in [0.2, 0.25) is 0 Å². The van der Waals surface area contributed by atoms with Crippen LogP contribution in [0, 0.1) is 13.8 Å². The number of benzene rings is 1. The Bertz CT molecular complexity index is 1030. The van der Waals surface area contributed by atoms with E-state index in [4.69, 9.17) is 9.47 Å². The van der Waals surface area contributed by atoms with Crippen molar-refractivity contribution in [2.24, 2.45) is 0 Å². The van der Waals surface area contributed by atoms with E-state index >= 15 is 0 Å². The SMILES string of the molecule is COCCCn1c(C)cc(C(=O)COC(=O)c2ccccc2SCc2cscn2)c1C. The summed E-state index contributed by atoms with van der Waals surface area (Å²) in [7, 11) is 1.67. The van der Waals surface area contributed by atoms with Gasteiger partial charge in [0.25, 0.3) is 0 Å². The quantitative estimate of drug-likeness (QED) is 0.176. The number of Topliss-reactive ketones (excluding diaryl/α,β-unsaturated/α-hetero) is 1. The lowest BCUT2D eigenvalue weighted by Crippen LogP contribution is -2.15. The minimum atomic E-state index is -0.497. The van der Waals surface area contributed by atoms with Gasteiger partial charge in [0.15, 0.2) is 6.61 Å². The molecule has 0 saturated carbocycles. The highest BCUT2D eigenvalue weighted by Crippen LogP contribution is 2.27. The zero-order valence-corrected chi connectivity index (χ0v) is 19.6. The molecule has 2 aromatic heterocycles. The fourth-order valence-corrected chi connectivity index (χ4v) is 4.91. The predicted molar refractivity (Wildman–Crippen MR) is 123 cm³/mol. The number of esters is 1. The molecule has 1 aromatic carbocycles. The molecule has 0 amide bonds. The normalized spacial score (nSPS) is 10.9. The molecule has 0 fully saturated rings. The first-order valence-corrected chi connectivity index (χ1v) is 11.9. The van der Waals surface area contributed by atoms with Crippen molar-refractivity contribution < 1.29 is 19.1 Å². The van der Waals surface area contributed by atoms with E-state index in [0.29, 0.717) is 23.5 Å². The van der Waals surface area contributed by atoms with Crippen molar-refractivity contribution in [1.29, 1.82) is 0 Å². The Morgan fingerprint density at radius 3 is 2.74 bits per heavy atom. The number of hydrogen-bond acceptors (Lipinski definition) is 7. The Balaban J connectivity index is 1.62. The summed E-state index contributed by atoms with van der Waals surface area (Å²) in [4.78, 5) is 30.5. The van der Waals surface area contributed by atoms with Crippen LogP contribution in [0.25, 0.3) is 0 Å². The second-order valence-corrected chi connectivity index (χ2v) is 8.78. The number of carbonyl (C=O) groups excluding carboxylic acids is 2. The third-order valence-electron chi connectivity index (χ3n) is 4.90. The molecule has 3 rings (SSSR count). The molecule has 2 heterocycles. The van der Waals surface area contributed by atoms with Crippen molar-refractivity contribution in [3.05, 3.63) is 69.4 Å². The van der Waals surface area contributed by atoms with Gasteiger partial charge in [-0.2, -0.15) is 0 Å². The van der Waals surface area contributed by atoms with Gasteiger partial charge in [-0.1, -0.05) is 12.1 Å². The van der Waals surface area contributed by atoms with Crippen molar-refractivity contribution in [2.45, 2.75) is 37.5 Å². The highest BCUT2D eigenvalue weighted by atomic mass is 32.2. The van der Waals surface area contributed by atoms with Gasteiger partial charge < -0.3 is 14.0 Å². The van der Waals surface area contributed by atoms with Crippen molar-refractivity contribution in [2.75, 3.05) is 20.3 Å². The van der Waals surface area contributed by atoms with E-state index in [1.807, 2.05) is 37.4 Å². The van der Waals surface area contributed by atoms with E-state index in [-0.39, 0.29) is 12.4 Å². The van der Waals surface area contributed by atoms with Crippen LogP contribution < -0.4 is 0 Å². The molecule has 0 spiro atoms. The summed E-state index contributed by atoms with van der Waals surface area (Å²) >= 11 is 3.07. The van der Waals surface area contributed by atoms with Crippen LogP contribution in [0.5, 0.6) is 0 Å². The minimum Gasteiger partial charge on any atom is -0.454 e. The van der Waals surface area contributed by atoms with Gasteiger partial charge in [-0.15, -0.1) is 23.1 Å². The highest BCUT2D eigenvalue weighted by Gasteiger charge is 2.19. The van der Waals surface area contributed by atoms with Crippen LogP contribution in [-0.4, -0.2) is 41.6 Å². The van der Waals surface area contributed by atoms with Crippen LogP contribution in [0.15, 0.2) is 46.1 Å². The van der Waals surface area contributed by atoms with Gasteiger partial charge >= 0.3 is 5.97 Å². The summed E-state index contributed by atoms with van der Waals surface area (Å²) in [6, 6.07) is 9.12. The lowest BCUT2D eigenvalue weighted by Gasteiger charge is -2.10. The Morgan fingerprint density at radius 2 is 2.00 bits per heavy atom. The first-order valence-electron chi connectivity index (χ1n) is 9.96. The molecule has 8 heteroatoms. The molecule has 6 nitrogen and oxygen atoms in total. The number of ketones is 1. The number of thiazole rings is 1. The smallest absolute Gasteiger partial charge is 0.339 e. The molecule has 0 atom stereocenters. The number of methoxy groups -OCH3 is 1. The average Bonchev–Trinajstić information content (AvgIpc) is 3.39. The number of aryl methyl sites for hydroxylation is 1. The molecule has 0 aliphatic heterocycles. The number of carbonyl (C=O) groups is 2. The van der Waals surface area contributed by atoms with Gasteiger partial charge in [0.05, 0.1) is 16.8 Å². The Labute approximate surface area is 190 Å². The first-order chi connectivity index (χ1) is 15.0. The van der Waals surface area contributed by atoms with Crippen LogP contribution in [0.3, 0.4) is 0 Å². The monoisotopic (exact) mass is 458 g/mol. The fourth-order valence-electron chi connectivity index (χ4n) is 3.30. The van der Waals surface area contributed by atoms with E-state index < -0.39 is 5.97 Å².